The molecule has 4 nitrogen and oxygen atoms in total. The van der Waals surface area contributed by atoms with Crippen LogP contribution in [0.3, 0.4) is 0 Å². The highest BCUT2D eigenvalue weighted by atomic mass is 16.5. The Morgan fingerprint density at radius 2 is 1.68 bits per heavy atom. The summed E-state index contributed by atoms with van der Waals surface area (Å²) < 4.78 is 5.92. The number of rotatable bonds is 7. The van der Waals surface area contributed by atoms with Crippen LogP contribution in [0.25, 0.3) is 0 Å². The molecule has 2 aromatic carbocycles. The molecule has 1 aliphatic heterocycles. The molecule has 134 valence electrons. The Bertz CT molecular complexity index is 621. The number of likely N-dealkylation sites (N-methyl/N-ethyl adjacent to an activating group) is 1. The van der Waals surface area contributed by atoms with Crippen LogP contribution in [0.15, 0.2) is 54.6 Å². The van der Waals surface area contributed by atoms with Crippen molar-refractivity contribution in [2.75, 3.05) is 46.8 Å². The summed E-state index contributed by atoms with van der Waals surface area (Å²) in [5.41, 5.74) is 2.56. The minimum absolute atomic E-state index is 0.431. The maximum absolute atomic E-state index is 5.92. The van der Waals surface area contributed by atoms with Gasteiger partial charge in [0.1, 0.15) is 12.4 Å². The van der Waals surface area contributed by atoms with E-state index in [1.807, 2.05) is 18.2 Å². The lowest BCUT2D eigenvalue weighted by atomic mass is 10.0. The normalized spacial score (nSPS) is 16.8. The number of nitrogens with one attached hydrogen (secondary N) is 1. The van der Waals surface area contributed by atoms with Crippen LogP contribution in [0.4, 0.5) is 0 Å². The van der Waals surface area contributed by atoms with E-state index >= 15 is 0 Å². The van der Waals surface area contributed by atoms with E-state index in [1.165, 1.54) is 11.1 Å². The summed E-state index contributed by atoms with van der Waals surface area (Å²) in [6.07, 6.45) is 0. The van der Waals surface area contributed by atoms with Gasteiger partial charge in [0, 0.05) is 38.8 Å². The fourth-order valence-electron chi connectivity index (χ4n) is 3.30. The van der Waals surface area contributed by atoms with Crippen LogP contribution in [-0.4, -0.2) is 56.6 Å². The minimum Gasteiger partial charge on any atom is -0.489 e. The molecular weight excluding hydrogens is 310 g/mol. The van der Waals surface area contributed by atoms with Gasteiger partial charge < -0.3 is 15.0 Å². The van der Waals surface area contributed by atoms with Gasteiger partial charge in [-0.2, -0.15) is 0 Å². The van der Waals surface area contributed by atoms with E-state index in [1.54, 1.807) is 0 Å². The summed E-state index contributed by atoms with van der Waals surface area (Å²) in [7, 11) is 4.29. The summed E-state index contributed by atoms with van der Waals surface area (Å²) in [6, 6.07) is 19.4. The molecule has 25 heavy (non-hydrogen) atoms. The first kappa shape index (κ1) is 17.9. The molecule has 1 heterocycles. The molecule has 1 atom stereocenters. The van der Waals surface area contributed by atoms with Gasteiger partial charge in [-0.1, -0.05) is 42.5 Å². The van der Waals surface area contributed by atoms with Crippen LogP contribution in [0, 0.1) is 0 Å². The maximum atomic E-state index is 5.92. The zero-order valence-electron chi connectivity index (χ0n) is 15.3. The second kappa shape index (κ2) is 8.99. The van der Waals surface area contributed by atoms with Crippen LogP contribution in [0.5, 0.6) is 5.75 Å². The van der Waals surface area contributed by atoms with Crippen molar-refractivity contribution >= 4 is 0 Å². The van der Waals surface area contributed by atoms with Crippen molar-refractivity contribution in [1.29, 1.82) is 0 Å². The molecule has 1 fully saturated rings. The summed E-state index contributed by atoms with van der Waals surface area (Å²) in [5, 5.41) is 3.44. The van der Waals surface area contributed by atoms with E-state index in [-0.39, 0.29) is 0 Å². The SMILES string of the molecule is CN(C)CC(c1ccc(OCc2ccccc2)cc1)N1CCNCC1. The molecule has 2 aromatic rings. The van der Waals surface area contributed by atoms with Crippen LogP contribution in [0.1, 0.15) is 17.2 Å². The quantitative estimate of drug-likeness (QED) is 0.839. The van der Waals surface area contributed by atoms with E-state index in [4.69, 9.17) is 4.74 Å². The fourth-order valence-corrected chi connectivity index (χ4v) is 3.30. The van der Waals surface area contributed by atoms with Crippen molar-refractivity contribution < 1.29 is 4.74 Å². The number of piperazine rings is 1. The Kier molecular flexibility index (Phi) is 6.45. The van der Waals surface area contributed by atoms with Crippen LogP contribution >= 0.6 is 0 Å². The highest BCUT2D eigenvalue weighted by molar-refractivity contribution is 5.30. The average Bonchev–Trinajstić information content (AvgIpc) is 2.66. The molecule has 0 aromatic heterocycles. The van der Waals surface area contributed by atoms with Crippen molar-refractivity contribution in [3.63, 3.8) is 0 Å². The van der Waals surface area contributed by atoms with E-state index in [0.29, 0.717) is 12.6 Å². The third-order valence-electron chi connectivity index (χ3n) is 4.64. The maximum Gasteiger partial charge on any atom is 0.119 e. The number of hydrogen-bond donors (Lipinski definition) is 1. The van der Waals surface area contributed by atoms with Crippen LogP contribution < -0.4 is 10.1 Å². The second-order valence-corrected chi connectivity index (χ2v) is 6.91. The Morgan fingerprint density at radius 3 is 2.32 bits per heavy atom. The van der Waals surface area contributed by atoms with Gasteiger partial charge in [-0.3, -0.25) is 4.90 Å². The molecule has 3 rings (SSSR count). The van der Waals surface area contributed by atoms with Gasteiger partial charge >= 0.3 is 0 Å². The van der Waals surface area contributed by atoms with Gasteiger partial charge in [-0.05, 0) is 37.4 Å². The number of ether oxygens (including phenoxy) is 1. The van der Waals surface area contributed by atoms with E-state index in [9.17, 15) is 0 Å². The zero-order valence-corrected chi connectivity index (χ0v) is 15.3. The number of hydrogen-bond acceptors (Lipinski definition) is 4. The molecule has 0 radical (unpaired) electrons. The first-order chi connectivity index (χ1) is 12.2. The van der Waals surface area contributed by atoms with Crippen molar-refractivity contribution in [3.05, 3.63) is 65.7 Å². The molecule has 0 saturated carbocycles. The summed E-state index contributed by atoms with van der Waals surface area (Å²) in [5.74, 6) is 0.927. The molecule has 0 spiro atoms. The zero-order chi connectivity index (χ0) is 17.5. The third kappa shape index (κ3) is 5.30. The molecule has 1 saturated heterocycles. The van der Waals surface area contributed by atoms with Crippen molar-refractivity contribution in [2.45, 2.75) is 12.6 Å². The fraction of sp³-hybridized carbons (Fsp3) is 0.429. The van der Waals surface area contributed by atoms with E-state index < -0.39 is 0 Å². The average molecular weight is 339 g/mol. The molecule has 4 heteroatoms. The molecule has 1 N–H and O–H groups in total. The van der Waals surface area contributed by atoms with E-state index in [2.05, 4.69) is 65.6 Å². The van der Waals surface area contributed by atoms with Crippen LogP contribution in [-0.2, 0) is 6.61 Å². The lowest BCUT2D eigenvalue weighted by Crippen LogP contribution is -2.47. The Balaban J connectivity index is 1.65. The third-order valence-corrected chi connectivity index (χ3v) is 4.64. The Labute approximate surface area is 151 Å². The highest BCUT2D eigenvalue weighted by Gasteiger charge is 2.22. The van der Waals surface area contributed by atoms with Gasteiger partial charge in [0.25, 0.3) is 0 Å². The van der Waals surface area contributed by atoms with E-state index in [0.717, 1.165) is 38.5 Å². The summed E-state index contributed by atoms with van der Waals surface area (Å²) >= 11 is 0. The number of nitrogens with zero attached hydrogens (tertiary/aromatic N) is 2. The summed E-state index contributed by atoms with van der Waals surface area (Å²) in [4.78, 5) is 4.85. The van der Waals surface area contributed by atoms with Gasteiger partial charge in [-0.15, -0.1) is 0 Å². The lowest BCUT2D eigenvalue weighted by molar-refractivity contribution is 0.144. The highest BCUT2D eigenvalue weighted by Crippen LogP contribution is 2.24. The molecule has 0 amide bonds. The van der Waals surface area contributed by atoms with Crippen molar-refractivity contribution in [3.8, 4) is 5.75 Å². The Hall–Kier alpha value is -1.88. The molecule has 1 aliphatic rings. The predicted molar refractivity (Wildman–Crippen MR) is 103 cm³/mol. The van der Waals surface area contributed by atoms with Gasteiger partial charge in [-0.25, -0.2) is 0 Å². The monoisotopic (exact) mass is 339 g/mol. The van der Waals surface area contributed by atoms with Crippen LogP contribution in [0.2, 0.25) is 0 Å². The first-order valence-electron chi connectivity index (χ1n) is 9.08. The first-order valence-corrected chi connectivity index (χ1v) is 9.08. The predicted octanol–water partition coefficient (Wildman–Crippen LogP) is 2.77. The van der Waals surface area contributed by atoms with Gasteiger partial charge in [0.15, 0.2) is 0 Å². The topological polar surface area (TPSA) is 27.7 Å². The summed E-state index contributed by atoms with van der Waals surface area (Å²) in [6.45, 7) is 5.99. The molecule has 1 unspecified atom stereocenters. The lowest BCUT2D eigenvalue weighted by Gasteiger charge is -2.36. The molecule has 0 aliphatic carbocycles. The second-order valence-electron chi connectivity index (χ2n) is 6.91. The standard InChI is InChI=1S/C21H29N3O/c1-23(2)16-21(24-14-12-22-13-15-24)19-8-10-20(11-9-19)25-17-18-6-4-3-5-7-18/h3-11,21-22H,12-17H2,1-2H3. The largest absolute Gasteiger partial charge is 0.489 e. The Morgan fingerprint density at radius 1 is 1.00 bits per heavy atom. The molecular formula is C21H29N3O. The minimum atomic E-state index is 0.431. The molecule has 0 bridgehead atoms. The van der Waals surface area contributed by atoms with Crippen molar-refractivity contribution in [2.24, 2.45) is 0 Å². The number of benzene rings is 2. The van der Waals surface area contributed by atoms with Gasteiger partial charge in [0.05, 0.1) is 0 Å². The van der Waals surface area contributed by atoms with Gasteiger partial charge in [0.2, 0.25) is 0 Å². The smallest absolute Gasteiger partial charge is 0.119 e. The van der Waals surface area contributed by atoms with Crippen molar-refractivity contribution in [1.82, 2.24) is 15.1 Å².